The van der Waals surface area contributed by atoms with Gasteiger partial charge in [0, 0.05) is 10.7 Å². The zero-order valence-corrected chi connectivity index (χ0v) is 19.0. The van der Waals surface area contributed by atoms with E-state index in [1.807, 2.05) is 13.0 Å². The van der Waals surface area contributed by atoms with Gasteiger partial charge in [0.15, 0.2) is 18.1 Å². The first-order chi connectivity index (χ1) is 14.3. The number of aryl methyl sites for hydroxylation is 1. The largest absolute Gasteiger partial charge is 0.493 e. The van der Waals surface area contributed by atoms with Gasteiger partial charge in [-0.05, 0) is 48.4 Å². The lowest BCUT2D eigenvalue weighted by atomic mass is 10.2. The van der Waals surface area contributed by atoms with E-state index in [9.17, 15) is 9.59 Å². The number of benzene rings is 2. The molecule has 1 saturated heterocycles. The van der Waals surface area contributed by atoms with Crippen LogP contribution in [0.25, 0.3) is 6.08 Å². The fourth-order valence-electron chi connectivity index (χ4n) is 2.54. The van der Waals surface area contributed by atoms with Crippen LogP contribution in [0.4, 0.5) is 5.69 Å². The lowest BCUT2D eigenvalue weighted by Gasteiger charge is -2.14. The Hall–Kier alpha value is -2.26. The average molecular weight is 483 g/mol. The summed E-state index contributed by atoms with van der Waals surface area (Å²) in [5.74, 6) is -0.107. The molecule has 1 heterocycles. The van der Waals surface area contributed by atoms with Gasteiger partial charge in [0.25, 0.3) is 11.8 Å². The van der Waals surface area contributed by atoms with Gasteiger partial charge in [-0.3, -0.25) is 9.59 Å². The van der Waals surface area contributed by atoms with Crippen LogP contribution in [-0.4, -0.2) is 29.9 Å². The molecule has 0 spiro atoms. The second-order valence-corrected chi connectivity index (χ2v) is 8.72. The summed E-state index contributed by atoms with van der Waals surface area (Å²) < 4.78 is 11.3. The first-order valence-electron chi connectivity index (χ1n) is 8.58. The molecule has 156 valence electrons. The molecule has 0 bridgehead atoms. The second kappa shape index (κ2) is 9.70. The molecule has 0 unspecified atom stereocenters. The minimum Gasteiger partial charge on any atom is -0.493 e. The highest BCUT2D eigenvalue weighted by Gasteiger charge is 2.22. The van der Waals surface area contributed by atoms with E-state index in [2.05, 4.69) is 10.6 Å². The number of thioether (sulfide) groups is 1. The monoisotopic (exact) mass is 482 g/mol. The number of rotatable bonds is 6. The first-order valence-corrected chi connectivity index (χ1v) is 10.6. The molecular weight excluding hydrogens is 467 g/mol. The van der Waals surface area contributed by atoms with Crippen molar-refractivity contribution in [3.8, 4) is 11.5 Å². The third-order valence-corrected chi connectivity index (χ3v) is 5.85. The lowest BCUT2D eigenvalue weighted by molar-refractivity contribution is -0.118. The molecule has 0 saturated carbocycles. The number of hydrogen-bond donors (Lipinski definition) is 2. The normalized spacial score (nSPS) is 14.6. The van der Waals surface area contributed by atoms with Gasteiger partial charge >= 0.3 is 0 Å². The van der Waals surface area contributed by atoms with Gasteiger partial charge in [-0.25, -0.2) is 0 Å². The molecule has 2 N–H and O–H groups in total. The van der Waals surface area contributed by atoms with Gasteiger partial charge in [0.2, 0.25) is 0 Å². The van der Waals surface area contributed by atoms with Crippen LogP contribution in [0.15, 0.2) is 35.2 Å². The van der Waals surface area contributed by atoms with Crippen molar-refractivity contribution >= 4 is 75.1 Å². The Labute approximate surface area is 192 Å². The topological polar surface area (TPSA) is 76.7 Å². The standard InChI is InChI=1S/C20H16Cl2N2O4S2/c1-10-3-4-12(8-13(10)21)23-17(25)9-28-18-14(22)5-11(6-15(18)27-2)7-16-19(26)24-20(29)30-16/h3-8H,9H2,1-2H3,(H,23,25)(H,24,26,29)/b16-7-. The number of carbonyl (C=O) groups is 2. The number of nitrogens with one attached hydrogen (secondary N) is 2. The highest BCUT2D eigenvalue weighted by molar-refractivity contribution is 8.26. The number of ether oxygens (including phenoxy) is 2. The molecule has 1 fully saturated rings. The number of amides is 2. The molecule has 0 aromatic heterocycles. The summed E-state index contributed by atoms with van der Waals surface area (Å²) in [5, 5.41) is 6.04. The maximum Gasteiger partial charge on any atom is 0.263 e. The van der Waals surface area contributed by atoms with Crippen molar-refractivity contribution in [2.24, 2.45) is 0 Å². The summed E-state index contributed by atoms with van der Waals surface area (Å²) in [5.41, 5.74) is 2.10. The van der Waals surface area contributed by atoms with Crippen molar-refractivity contribution in [2.75, 3.05) is 19.0 Å². The van der Waals surface area contributed by atoms with Gasteiger partial charge < -0.3 is 20.1 Å². The van der Waals surface area contributed by atoms with Crippen LogP contribution in [0.5, 0.6) is 11.5 Å². The van der Waals surface area contributed by atoms with E-state index in [1.54, 1.807) is 30.3 Å². The molecule has 2 aromatic carbocycles. The van der Waals surface area contributed by atoms with E-state index < -0.39 is 0 Å². The molecule has 2 amide bonds. The third kappa shape index (κ3) is 5.46. The van der Waals surface area contributed by atoms with Crippen LogP contribution in [0.3, 0.4) is 0 Å². The van der Waals surface area contributed by atoms with E-state index >= 15 is 0 Å². The van der Waals surface area contributed by atoms with E-state index in [1.165, 1.54) is 7.11 Å². The minimum absolute atomic E-state index is 0.220. The van der Waals surface area contributed by atoms with Crippen LogP contribution in [0.2, 0.25) is 10.0 Å². The molecule has 3 rings (SSSR count). The number of methoxy groups -OCH3 is 1. The van der Waals surface area contributed by atoms with Crippen molar-refractivity contribution in [3.63, 3.8) is 0 Å². The van der Waals surface area contributed by atoms with Crippen LogP contribution in [0, 0.1) is 6.92 Å². The van der Waals surface area contributed by atoms with Gasteiger partial charge in [-0.1, -0.05) is 53.2 Å². The molecule has 2 aromatic rings. The summed E-state index contributed by atoms with van der Waals surface area (Å²) in [6, 6.07) is 8.48. The van der Waals surface area contributed by atoms with Crippen LogP contribution < -0.4 is 20.1 Å². The Balaban J connectivity index is 1.72. The maximum absolute atomic E-state index is 12.2. The highest BCUT2D eigenvalue weighted by Crippen LogP contribution is 2.38. The van der Waals surface area contributed by atoms with Gasteiger partial charge in [0.05, 0.1) is 17.0 Å². The Kier molecular flexibility index (Phi) is 7.25. The van der Waals surface area contributed by atoms with Crippen LogP contribution >= 0.6 is 47.2 Å². The molecule has 30 heavy (non-hydrogen) atoms. The molecule has 0 radical (unpaired) electrons. The second-order valence-electron chi connectivity index (χ2n) is 6.19. The number of thiocarbonyl (C=S) groups is 1. The van der Waals surface area contributed by atoms with Crippen molar-refractivity contribution in [2.45, 2.75) is 6.92 Å². The lowest BCUT2D eigenvalue weighted by Crippen LogP contribution is -2.20. The van der Waals surface area contributed by atoms with E-state index in [-0.39, 0.29) is 29.2 Å². The van der Waals surface area contributed by atoms with E-state index in [0.29, 0.717) is 31.2 Å². The molecule has 1 aliphatic rings. The predicted octanol–water partition coefficient (Wildman–Crippen LogP) is 4.82. The van der Waals surface area contributed by atoms with Crippen LogP contribution in [0.1, 0.15) is 11.1 Å². The Morgan fingerprint density at radius 3 is 2.67 bits per heavy atom. The molecule has 10 heteroatoms. The van der Waals surface area contributed by atoms with E-state index in [0.717, 1.165) is 17.3 Å². The van der Waals surface area contributed by atoms with Crippen molar-refractivity contribution in [1.29, 1.82) is 0 Å². The molecule has 1 aliphatic heterocycles. The van der Waals surface area contributed by atoms with Crippen molar-refractivity contribution < 1.29 is 19.1 Å². The Bertz CT molecular complexity index is 1070. The Morgan fingerprint density at radius 2 is 2.03 bits per heavy atom. The van der Waals surface area contributed by atoms with Gasteiger partial charge in [0.1, 0.15) is 4.32 Å². The Morgan fingerprint density at radius 1 is 1.27 bits per heavy atom. The van der Waals surface area contributed by atoms with E-state index in [4.69, 9.17) is 44.9 Å². The SMILES string of the molecule is COc1cc(/C=C2\SC(=S)NC2=O)cc(Cl)c1OCC(=O)Nc1ccc(C)c(Cl)c1. The zero-order valence-electron chi connectivity index (χ0n) is 15.9. The van der Waals surface area contributed by atoms with Crippen molar-refractivity contribution in [3.05, 3.63) is 56.4 Å². The summed E-state index contributed by atoms with van der Waals surface area (Å²) in [6.45, 7) is 1.59. The average Bonchev–Trinajstić information content (AvgIpc) is 3.00. The number of carbonyl (C=O) groups excluding carboxylic acids is 2. The van der Waals surface area contributed by atoms with Gasteiger partial charge in [-0.2, -0.15) is 0 Å². The zero-order chi connectivity index (χ0) is 21.8. The predicted molar refractivity (Wildman–Crippen MR) is 125 cm³/mol. The third-order valence-electron chi connectivity index (χ3n) is 3.99. The summed E-state index contributed by atoms with van der Waals surface area (Å²) >= 11 is 18.5. The minimum atomic E-state index is -0.383. The fraction of sp³-hybridized carbons (Fsp3) is 0.150. The quantitative estimate of drug-likeness (QED) is 0.454. The fourth-order valence-corrected chi connectivity index (χ4v) is 4.04. The van der Waals surface area contributed by atoms with Gasteiger partial charge in [-0.15, -0.1) is 0 Å². The summed E-state index contributed by atoms with van der Waals surface area (Å²) in [4.78, 5) is 24.5. The summed E-state index contributed by atoms with van der Waals surface area (Å²) in [6.07, 6.45) is 1.64. The molecule has 0 aliphatic carbocycles. The number of anilines is 1. The molecule has 0 atom stereocenters. The van der Waals surface area contributed by atoms with Crippen molar-refractivity contribution in [1.82, 2.24) is 5.32 Å². The number of hydrogen-bond acceptors (Lipinski definition) is 6. The smallest absolute Gasteiger partial charge is 0.263 e. The highest BCUT2D eigenvalue weighted by atomic mass is 35.5. The number of halogens is 2. The molecular formula is C20H16Cl2N2O4S2. The van der Waals surface area contributed by atoms with Crippen LogP contribution in [-0.2, 0) is 9.59 Å². The first kappa shape index (κ1) is 22.4. The molecule has 6 nitrogen and oxygen atoms in total. The summed E-state index contributed by atoms with van der Waals surface area (Å²) in [7, 11) is 1.45. The maximum atomic E-state index is 12.2.